The van der Waals surface area contributed by atoms with Crippen LogP contribution in [0.1, 0.15) is 33.6 Å². The van der Waals surface area contributed by atoms with Gasteiger partial charge < -0.3 is 14.6 Å². The van der Waals surface area contributed by atoms with E-state index in [0.717, 1.165) is 31.9 Å². The summed E-state index contributed by atoms with van der Waals surface area (Å²) in [5, 5.41) is 9.90. The van der Waals surface area contributed by atoms with Crippen molar-refractivity contribution in [3.8, 4) is 0 Å². The molecule has 33 heavy (non-hydrogen) atoms. The second-order valence-corrected chi connectivity index (χ2v) is 14.2. The Morgan fingerprint density at radius 3 is 2.24 bits per heavy atom. The number of nitrogens with one attached hydrogen (secondary N) is 1. The highest BCUT2D eigenvalue weighted by atomic mass is 28.4. The van der Waals surface area contributed by atoms with Crippen molar-refractivity contribution < 1.29 is 4.43 Å². The summed E-state index contributed by atoms with van der Waals surface area (Å²) in [6, 6.07) is 21.8. The molecule has 174 valence electrons. The number of hydrogen-bond donors (Lipinski definition) is 1. The van der Waals surface area contributed by atoms with E-state index in [-0.39, 0.29) is 17.1 Å². The number of benzene rings is 2. The summed E-state index contributed by atoms with van der Waals surface area (Å²) in [5.41, 5.74) is 8.64. The first-order chi connectivity index (χ1) is 15.9. The molecule has 0 saturated carbocycles. The molecule has 0 bridgehead atoms. The predicted molar refractivity (Wildman–Crippen MR) is 137 cm³/mol. The van der Waals surface area contributed by atoms with Crippen LogP contribution in [-0.4, -0.2) is 57.5 Å². The van der Waals surface area contributed by atoms with Gasteiger partial charge in [-0.3, -0.25) is 0 Å². The molecule has 0 radical (unpaired) electrons. The van der Waals surface area contributed by atoms with Crippen LogP contribution in [0.5, 0.6) is 0 Å². The lowest BCUT2D eigenvalue weighted by atomic mass is 10.1. The van der Waals surface area contributed by atoms with Crippen LogP contribution in [0.4, 0.5) is 0 Å². The average molecular weight is 463 g/mol. The van der Waals surface area contributed by atoms with E-state index in [9.17, 15) is 0 Å². The molecule has 2 aromatic rings. The number of guanidine groups is 1. The number of fused-ring (bicyclic) bond motifs is 1. The summed E-state index contributed by atoms with van der Waals surface area (Å²) in [4.78, 5) is 10.0. The number of azide groups is 1. The smallest absolute Gasteiger partial charge is 0.261 e. The Hall–Kier alpha value is -2.80. The van der Waals surface area contributed by atoms with E-state index in [1.807, 2.05) is 0 Å². The van der Waals surface area contributed by atoms with Gasteiger partial charge in [0.25, 0.3) is 8.32 Å². The summed E-state index contributed by atoms with van der Waals surface area (Å²) in [7, 11) is -2.56. The minimum absolute atomic E-state index is 0.0425. The van der Waals surface area contributed by atoms with Gasteiger partial charge in [-0.05, 0) is 33.8 Å². The van der Waals surface area contributed by atoms with Crippen LogP contribution < -0.4 is 15.7 Å². The summed E-state index contributed by atoms with van der Waals surface area (Å²) in [6.07, 6.45) is 1.94. The molecule has 1 saturated heterocycles. The van der Waals surface area contributed by atoms with Gasteiger partial charge in [-0.2, -0.15) is 0 Å². The third-order valence-corrected chi connectivity index (χ3v) is 11.7. The SMILES string of the molecule is CC(C)(C)[Si](OC[C@H]1CCN2CC[C@H](CN=[N+]=[N-])N=C2N1)(c1ccccc1)c1ccccc1. The van der Waals surface area contributed by atoms with Crippen molar-refractivity contribution in [3.63, 3.8) is 0 Å². The molecule has 4 rings (SSSR count). The Morgan fingerprint density at radius 2 is 1.67 bits per heavy atom. The van der Waals surface area contributed by atoms with Crippen molar-refractivity contribution in [2.45, 2.75) is 50.7 Å². The molecule has 0 amide bonds. The maximum Gasteiger partial charge on any atom is 0.261 e. The number of rotatable bonds is 7. The zero-order valence-corrected chi connectivity index (χ0v) is 20.8. The molecule has 0 unspecified atom stereocenters. The lowest BCUT2D eigenvalue weighted by molar-refractivity contribution is 0.216. The number of aliphatic imine (C=N–C) groups is 1. The van der Waals surface area contributed by atoms with Gasteiger partial charge in [0.05, 0.1) is 18.7 Å². The van der Waals surface area contributed by atoms with E-state index in [4.69, 9.17) is 14.9 Å². The molecule has 0 aliphatic carbocycles. The fraction of sp³-hybridized carbons (Fsp3) is 0.480. The molecule has 2 aliphatic heterocycles. The first kappa shape index (κ1) is 23.4. The number of hydrogen-bond acceptors (Lipinski definition) is 5. The molecule has 2 atom stereocenters. The van der Waals surface area contributed by atoms with Crippen LogP contribution in [0.15, 0.2) is 70.8 Å². The van der Waals surface area contributed by atoms with Crippen LogP contribution in [0, 0.1) is 0 Å². The Balaban J connectivity index is 1.59. The van der Waals surface area contributed by atoms with Crippen LogP contribution >= 0.6 is 0 Å². The van der Waals surface area contributed by atoms with Crippen LogP contribution in [0.3, 0.4) is 0 Å². The molecule has 2 aliphatic rings. The van der Waals surface area contributed by atoms with Crippen LogP contribution in [-0.2, 0) is 4.43 Å². The van der Waals surface area contributed by atoms with Crippen molar-refractivity contribution in [3.05, 3.63) is 71.1 Å². The Bertz CT molecular complexity index is 961. The van der Waals surface area contributed by atoms with E-state index in [1.54, 1.807) is 0 Å². The summed E-state index contributed by atoms with van der Waals surface area (Å²) < 4.78 is 7.11. The topological polar surface area (TPSA) is 85.6 Å². The second kappa shape index (κ2) is 9.99. The van der Waals surface area contributed by atoms with Gasteiger partial charge in [0, 0.05) is 24.5 Å². The van der Waals surface area contributed by atoms with Crippen molar-refractivity contribution in [2.75, 3.05) is 26.2 Å². The van der Waals surface area contributed by atoms with E-state index in [2.05, 4.69) is 102 Å². The molecular formula is C25H34N6OSi. The molecule has 2 heterocycles. The summed E-state index contributed by atoms with van der Waals surface area (Å²) in [6.45, 7) is 9.87. The Kier molecular flexibility index (Phi) is 7.07. The van der Waals surface area contributed by atoms with Gasteiger partial charge in [0.15, 0.2) is 5.96 Å². The molecule has 0 spiro atoms. The van der Waals surface area contributed by atoms with Crippen molar-refractivity contribution in [1.29, 1.82) is 0 Å². The zero-order valence-electron chi connectivity index (χ0n) is 19.8. The fourth-order valence-corrected chi connectivity index (χ4v) is 9.62. The van der Waals surface area contributed by atoms with Crippen molar-refractivity contribution in [2.24, 2.45) is 10.1 Å². The Morgan fingerprint density at radius 1 is 1.06 bits per heavy atom. The average Bonchev–Trinajstić information content (AvgIpc) is 2.83. The summed E-state index contributed by atoms with van der Waals surface area (Å²) in [5.74, 6) is 0.918. The molecular weight excluding hydrogens is 428 g/mol. The monoisotopic (exact) mass is 462 g/mol. The maximum atomic E-state index is 8.64. The van der Waals surface area contributed by atoms with E-state index in [1.165, 1.54) is 10.4 Å². The molecule has 1 N–H and O–H groups in total. The highest BCUT2D eigenvalue weighted by Crippen LogP contribution is 2.37. The van der Waals surface area contributed by atoms with E-state index >= 15 is 0 Å². The highest BCUT2D eigenvalue weighted by Gasteiger charge is 2.50. The molecule has 0 aromatic heterocycles. The van der Waals surface area contributed by atoms with E-state index in [0.29, 0.717) is 13.2 Å². The molecule has 8 heteroatoms. The van der Waals surface area contributed by atoms with E-state index < -0.39 is 8.32 Å². The van der Waals surface area contributed by atoms with Gasteiger partial charge in [-0.1, -0.05) is 86.5 Å². The lowest BCUT2D eigenvalue weighted by Crippen LogP contribution is -2.68. The maximum absolute atomic E-state index is 8.64. The zero-order chi connectivity index (χ0) is 23.3. The quantitative estimate of drug-likeness (QED) is 0.295. The van der Waals surface area contributed by atoms with Crippen molar-refractivity contribution in [1.82, 2.24) is 10.2 Å². The predicted octanol–water partition coefficient (Wildman–Crippen LogP) is 3.67. The first-order valence-electron chi connectivity index (χ1n) is 11.8. The van der Waals surface area contributed by atoms with Gasteiger partial charge in [-0.25, -0.2) is 4.99 Å². The van der Waals surface area contributed by atoms with Crippen LogP contribution in [0.25, 0.3) is 10.4 Å². The fourth-order valence-electron chi connectivity index (χ4n) is 5.02. The summed E-state index contributed by atoms with van der Waals surface area (Å²) >= 11 is 0. The van der Waals surface area contributed by atoms with Crippen molar-refractivity contribution >= 4 is 24.7 Å². The highest BCUT2D eigenvalue weighted by molar-refractivity contribution is 6.99. The Labute approximate surface area is 197 Å². The second-order valence-electron chi connectivity index (χ2n) is 9.90. The minimum atomic E-state index is -2.56. The molecule has 2 aromatic carbocycles. The first-order valence-corrected chi connectivity index (χ1v) is 13.7. The third-order valence-electron chi connectivity index (χ3n) is 6.69. The standard InChI is InChI=1S/C25H34N6OSi/c1-25(2,3)33(22-10-6-4-7-11-22,23-12-8-5-9-13-23)32-19-21-15-17-31-16-14-20(18-27-30-26)28-24(31)29-21/h4-13,20-21H,14-19H2,1-3H3,(H,28,29)/t20-,21-/m1/s1. The van der Waals surface area contributed by atoms with Gasteiger partial charge in [0.1, 0.15) is 0 Å². The largest absolute Gasteiger partial charge is 0.405 e. The van der Waals surface area contributed by atoms with Gasteiger partial charge in [-0.15, -0.1) is 0 Å². The minimum Gasteiger partial charge on any atom is -0.405 e. The van der Waals surface area contributed by atoms with Crippen LogP contribution in [0.2, 0.25) is 5.04 Å². The van der Waals surface area contributed by atoms with Gasteiger partial charge in [0.2, 0.25) is 0 Å². The lowest BCUT2D eigenvalue weighted by Gasteiger charge is -2.45. The number of nitrogens with zero attached hydrogens (tertiary/aromatic N) is 5. The van der Waals surface area contributed by atoms with Gasteiger partial charge >= 0.3 is 0 Å². The third kappa shape index (κ3) is 4.93. The molecule has 7 nitrogen and oxygen atoms in total. The normalized spacial score (nSPS) is 20.8. The molecule has 1 fully saturated rings.